The number of likely N-dealkylation sites (tertiary alicyclic amines) is 1. The molecule has 3 aliphatic rings. The predicted molar refractivity (Wildman–Crippen MR) is 121 cm³/mol. The van der Waals surface area contributed by atoms with E-state index in [4.69, 9.17) is 5.73 Å². The zero-order valence-electron chi connectivity index (χ0n) is 18.7. The Hall–Kier alpha value is -3.82. The normalized spacial score (nSPS) is 28.6. The lowest BCUT2D eigenvalue weighted by molar-refractivity contribution is -0.140. The molecule has 0 radical (unpaired) electrons. The molecule has 2 heterocycles. The number of carbonyl (C=O) groups is 3. The van der Waals surface area contributed by atoms with E-state index in [0.29, 0.717) is 17.3 Å². The van der Waals surface area contributed by atoms with E-state index in [1.807, 2.05) is 0 Å². The van der Waals surface area contributed by atoms with Crippen LogP contribution < -0.4 is 11.1 Å². The molecule has 2 saturated carbocycles. The summed E-state index contributed by atoms with van der Waals surface area (Å²) in [5.41, 5.74) is 4.10. The van der Waals surface area contributed by atoms with E-state index in [2.05, 4.69) is 10.4 Å². The van der Waals surface area contributed by atoms with E-state index in [-0.39, 0.29) is 42.1 Å². The zero-order chi connectivity index (χ0) is 24.5. The SMILES string of the molecule is NC(=O)c1nn(CC(=O)N2C3C[C@@H]3C[C@H]2C(=O)N[C@@H]2C[C@@]2(F)c2ccccc2F)c2ccccc12. The Morgan fingerprint density at radius 2 is 1.86 bits per heavy atom. The molecule has 35 heavy (non-hydrogen) atoms. The Balaban J connectivity index is 1.19. The quantitative estimate of drug-likeness (QED) is 0.564. The standard InChI is InChI=1S/C25H23F2N5O3/c26-16-7-3-2-6-15(16)25(27)11-20(25)29-24(35)19-10-13-9-18(13)32(19)21(33)12-31-17-8-4-1-5-14(17)22(30-31)23(28)34/h1-8,13,18-20H,9-12H2,(H2,28,34)(H,29,35)/t13-,18?,19+,20-,25-/m1/s1. The zero-order valence-corrected chi connectivity index (χ0v) is 18.7. The molecule has 3 fully saturated rings. The van der Waals surface area contributed by atoms with E-state index in [0.717, 1.165) is 6.42 Å². The number of rotatable bonds is 6. The van der Waals surface area contributed by atoms with Crippen LogP contribution in [0.4, 0.5) is 8.78 Å². The highest BCUT2D eigenvalue weighted by molar-refractivity contribution is 6.04. The van der Waals surface area contributed by atoms with Crippen LogP contribution in [-0.4, -0.2) is 50.5 Å². The van der Waals surface area contributed by atoms with Crippen molar-refractivity contribution in [3.8, 4) is 0 Å². The summed E-state index contributed by atoms with van der Waals surface area (Å²) in [4.78, 5) is 39.8. The molecule has 1 aliphatic heterocycles. The molecule has 1 aromatic heterocycles. The Morgan fingerprint density at radius 3 is 2.63 bits per heavy atom. The maximum atomic E-state index is 15.3. The van der Waals surface area contributed by atoms with Crippen molar-refractivity contribution in [1.82, 2.24) is 20.0 Å². The Kier molecular flexibility index (Phi) is 4.71. The Morgan fingerprint density at radius 1 is 1.11 bits per heavy atom. The minimum absolute atomic E-state index is 0.0115. The maximum absolute atomic E-state index is 15.3. The summed E-state index contributed by atoms with van der Waals surface area (Å²) in [6.45, 7) is -0.160. The first-order valence-electron chi connectivity index (χ1n) is 11.6. The van der Waals surface area contributed by atoms with Crippen molar-refractivity contribution in [1.29, 1.82) is 0 Å². The summed E-state index contributed by atoms with van der Waals surface area (Å²) in [7, 11) is 0. The number of fused-ring (bicyclic) bond motifs is 2. The molecule has 5 atom stereocenters. The number of hydrogen-bond acceptors (Lipinski definition) is 4. The monoisotopic (exact) mass is 479 g/mol. The fraction of sp³-hybridized carbons (Fsp3) is 0.360. The summed E-state index contributed by atoms with van der Waals surface area (Å²) in [5.74, 6) is -1.86. The fourth-order valence-corrected chi connectivity index (χ4v) is 5.46. The summed E-state index contributed by atoms with van der Waals surface area (Å²) < 4.78 is 30.8. The van der Waals surface area contributed by atoms with Gasteiger partial charge in [0.05, 0.1) is 11.6 Å². The van der Waals surface area contributed by atoms with Crippen molar-refractivity contribution >= 4 is 28.6 Å². The maximum Gasteiger partial charge on any atom is 0.269 e. The van der Waals surface area contributed by atoms with Gasteiger partial charge in [0.25, 0.3) is 5.91 Å². The smallest absolute Gasteiger partial charge is 0.269 e. The minimum atomic E-state index is -1.95. The van der Waals surface area contributed by atoms with E-state index >= 15 is 4.39 Å². The third-order valence-electron chi connectivity index (χ3n) is 7.40. The molecular weight excluding hydrogens is 456 g/mol. The van der Waals surface area contributed by atoms with Crippen molar-refractivity contribution in [2.75, 3.05) is 0 Å². The van der Waals surface area contributed by atoms with Crippen molar-refractivity contribution in [3.05, 3.63) is 65.6 Å². The molecule has 6 rings (SSSR count). The van der Waals surface area contributed by atoms with E-state index in [1.54, 1.807) is 35.2 Å². The number of amides is 3. The number of para-hydroxylation sites is 1. The first kappa shape index (κ1) is 21.7. The van der Waals surface area contributed by atoms with E-state index in [9.17, 15) is 18.8 Å². The molecular formula is C25H23F2N5O3. The lowest BCUT2D eigenvalue weighted by atomic mass is 10.1. The fourth-order valence-electron chi connectivity index (χ4n) is 5.46. The first-order chi connectivity index (χ1) is 16.8. The van der Waals surface area contributed by atoms with E-state index < -0.39 is 35.4 Å². The Bertz CT molecular complexity index is 1390. The molecule has 2 aliphatic carbocycles. The molecule has 0 spiro atoms. The highest BCUT2D eigenvalue weighted by Crippen LogP contribution is 2.52. The number of alkyl halides is 1. The van der Waals surface area contributed by atoms with Gasteiger partial charge >= 0.3 is 0 Å². The van der Waals surface area contributed by atoms with Gasteiger partial charge in [-0.2, -0.15) is 5.10 Å². The second kappa shape index (κ2) is 7.59. The number of carbonyl (C=O) groups excluding carboxylic acids is 3. The van der Waals surface area contributed by atoms with Crippen LogP contribution >= 0.6 is 0 Å². The van der Waals surface area contributed by atoms with Gasteiger partial charge in [-0.05, 0) is 30.9 Å². The highest BCUT2D eigenvalue weighted by atomic mass is 19.2. The van der Waals surface area contributed by atoms with Crippen molar-refractivity contribution in [3.63, 3.8) is 0 Å². The van der Waals surface area contributed by atoms with Gasteiger partial charge in [-0.15, -0.1) is 0 Å². The highest BCUT2D eigenvalue weighted by Gasteiger charge is 2.61. The van der Waals surface area contributed by atoms with Gasteiger partial charge in [0.2, 0.25) is 11.8 Å². The lowest BCUT2D eigenvalue weighted by Gasteiger charge is -2.27. The summed E-state index contributed by atoms with van der Waals surface area (Å²) in [5, 5.41) is 7.48. The molecule has 0 bridgehead atoms. The summed E-state index contributed by atoms with van der Waals surface area (Å²) >= 11 is 0. The molecule has 1 unspecified atom stereocenters. The van der Waals surface area contributed by atoms with Gasteiger partial charge < -0.3 is 16.0 Å². The summed E-state index contributed by atoms with van der Waals surface area (Å²) in [6, 6.07) is 11.0. The number of nitrogens with zero attached hydrogens (tertiary/aromatic N) is 3. The van der Waals surface area contributed by atoms with Crippen LogP contribution in [0.1, 0.15) is 35.3 Å². The van der Waals surface area contributed by atoms with Crippen LogP contribution in [0.5, 0.6) is 0 Å². The van der Waals surface area contributed by atoms with Crippen LogP contribution in [0, 0.1) is 11.7 Å². The van der Waals surface area contributed by atoms with Gasteiger partial charge in [-0.3, -0.25) is 19.1 Å². The van der Waals surface area contributed by atoms with Crippen LogP contribution in [0.15, 0.2) is 48.5 Å². The predicted octanol–water partition coefficient (Wildman–Crippen LogP) is 2.02. The van der Waals surface area contributed by atoms with Crippen molar-refractivity contribution in [2.24, 2.45) is 11.7 Å². The molecule has 1 saturated heterocycles. The average Bonchev–Trinajstić information content (AvgIpc) is 3.64. The molecule has 10 heteroatoms. The van der Waals surface area contributed by atoms with Gasteiger partial charge in [0.15, 0.2) is 11.4 Å². The third kappa shape index (κ3) is 3.46. The second-order valence-electron chi connectivity index (χ2n) is 9.61. The van der Waals surface area contributed by atoms with Gasteiger partial charge in [0, 0.05) is 23.4 Å². The first-order valence-corrected chi connectivity index (χ1v) is 11.6. The Labute approximate surface area is 199 Å². The number of nitrogens with one attached hydrogen (secondary N) is 1. The van der Waals surface area contributed by atoms with Gasteiger partial charge in [-0.25, -0.2) is 8.78 Å². The van der Waals surface area contributed by atoms with Crippen molar-refractivity contribution in [2.45, 2.75) is 49.6 Å². The molecule has 3 N–H and O–H groups in total. The van der Waals surface area contributed by atoms with Crippen LogP contribution in [0.3, 0.4) is 0 Å². The number of halogens is 2. The minimum Gasteiger partial charge on any atom is -0.364 e. The molecule has 180 valence electrons. The molecule has 3 aromatic rings. The van der Waals surface area contributed by atoms with Crippen LogP contribution in [-0.2, 0) is 21.8 Å². The second-order valence-corrected chi connectivity index (χ2v) is 9.61. The largest absolute Gasteiger partial charge is 0.364 e. The van der Waals surface area contributed by atoms with Gasteiger partial charge in [0.1, 0.15) is 18.4 Å². The average molecular weight is 479 g/mol. The van der Waals surface area contributed by atoms with Crippen molar-refractivity contribution < 1.29 is 23.2 Å². The number of nitrogens with two attached hydrogens (primary N) is 1. The number of aromatic nitrogens is 2. The number of hydrogen-bond donors (Lipinski definition) is 2. The third-order valence-corrected chi connectivity index (χ3v) is 7.40. The molecule has 8 nitrogen and oxygen atoms in total. The number of benzene rings is 2. The summed E-state index contributed by atoms with van der Waals surface area (Å²) in [6.07, 6.45) is 1.30. The van der Waals surface area contributed by atoms with E-state index in [1.165, 1.54) is 22.9 Å². The topological polar surface area (TPSA) is 110 Å². The number of piperidine rings is 1. The van der Waals surface area contributed by atoms with Crippen LogP contribution in [0.2, 0.25) is 0 Å². The molecule has 2 aromatic carbocycles. The molecule has 3 amide bonds. The van der Waals surface area contributed by atoms with Gasteiger partial charge in [-0.1, -0.05) is 36.4 Å². The number of primary amides is 1. The van der Waals surface area contributed by atoms with Crippen LogP contribution in [0.25, 0.3) is 10.9 Å². The lowest BCUT2D eigenvalue weighted by Crippen LogP contribution is -2.50.